The Labute approximate surface area is 137 Å². The molecule has 3 nitrogen and oxygen atoms in total. The van der Waals surface area contributed by atoms with E-state index in [1.807, 2.05) is 12.1 Å². The van der Waals surface area contributed by atoms with E-state index in [9.17, 15) is 9.90 Å². The van der Waals surface area contributed by atoms with E-state index >= 15 is 0 Å². The van der Waals surface area contributed by atoms with Crippen molar-refractivity contribution in [3.8, 4) is 5.75 Å². The monoisotopic (exact) mass is 312 g/mol. The normalized spacial score (nSPS) is 34.9. The molecule has 4 rings (SSSR count). The summed E-state index contributed by atoms with van der Waals surface area (Å²) >= 11 is 0. The van der Waals surface area contributed by atoms with E-state index in [4.69, 9.17) is 4.74 Å². The van der Waals surface area contributed by atoms with E-state index in [0.29, 0.717) is 17.6 Å². The standard InChI is InChI=1S/C20H24O3/c1-12(21)23-14-4-6-15-13(11-14)3-5-17-16(15)9-10-20(2)18(17)7-8-19(20)22/h4-6,11,16,18-19,22H,3,7-10H2,1-2H3. The van der Waals surface area contributed by atoms with Gasteiger partial charge in [0.15, 0.2) is 0 Å². The molecule has 1 N–H and O–H groups in total. The highest BCUT2D eigenvalue weighted by atomic mass is 16.5. The third kappa shape index (κ3) is 2.25. The predicted molar refractivity (Wildman–Crippen MR) is 88.4 cm³/mol. The Kier molecular flexibility index (Phi) is 3.38. The molecule has 122 valence electrons. The van der Waals surface area contributed by atoms with Crippen molar-refractivity contribution < 1.29 is 14.6 Å². The molecule has 2 saturated carbocycles. The summed E-state index contributed by atoms with van der Waals surface area (Å²) in [6.07, 6.45) is 7.37. The minimum absolute atomic E-state index is 0.0670. The summed E-state index contributed by atoms with van der Waals surface area (Å²) in [5.41, 5.74) is 4.28. The largest absolute Gasteiger partial charge is 0.427 e. The minimum Gasteiger partial charge on any atom is -0.427 e. The van der Waals surface area contributed by atoms with Gasteiger partial charge in [-0.3, -0.25) is 4.79 Å². The maximum Gasteiger partial charge on any atom is 0.308 e. The average Bonchev–Trinajstić information content (AvgIpc) is 2.82. The number of benzene rings is 1. The molecule has 2 fully saturated rings. The van der Waals surface area contributed by atoms with Gasteiger partial charge < -0.3 is 9.84 Å². The van der Waals surface area contributed by atoms with Crippen LogP contribution in [0.1, 0.15) is 56.6 Å². The van der Waals surface area contributed by atoms with Crippen LogP contribution in [0.2, 0.25) is 0 Å². The first-order chi connectivity index (χ1) is 11.0. The number of hydrogen-bond acceptors (Lipinski definition) is 3. The van der Waals surface area contributed by atoms with E-state index < -0.39 is 0 Å². The van der Waals surface area contributed by atoms with E-state index in [1.54, 1.807) is 5.57 Å². The lowest BCUT2D eigenvalue weighted by atomic mass is 9.59. The van der Waals surface area contributed by atoms with Crippen LogP contribution in [0.25, 0.3) is 0 Å². The van der Waals surface area contributed by atoms with Crippen LogP contribution >= 0.6 is 0 Å². The molecule has 0 heterocycles. The summed E-state index contributed by atoms with van der Waals surface area (Å²) in [6.45, 7) is 3.70. The number of ether oxygens (including phenoxy) is 1. The van der Waals surface area contributed by atoms with E-state index in [2.05, 4.69) is 19.1 Å². The molecule has 0 bridgehead atoms. The van der Waals surface area contributed by atoms with Crippen molar-refractivity contribution in [1.82, 2.24) is 0 Å². The van der Waals surface area contributed by atoms with Crippen molar-refractivity contribution in [2.24, 2.45) is 11.3 Å². The minimum atomic E-state index is -0.273. The number of rotatable bonds is 1. The topological polar surface area (TPSA) is 46.5 Å². The fourth-order valence-electron chi connectivity index (χ4n) is 5.15. The molecule has 4 atom stereocenters. The van der Waals surface area contributed by atoms with Gasteiger partial charge in [0.2, 0.25) is 0 Å². The zero-order valence-corrected chi connectivity index (χ0v) is 13.8. The van der Waals surface area contributed by atoms with Crippen LogP contribution in [0, 0.1) is 11.3 Å². The van der Waals surface area contributed by atoms with Crippen LogP contribution in [0.15, 0.2) is 29.8 Å². The first kappa shape index (κ1) is 14.9. The first-order valence-electron chi connectivity index (χ1n) is 8.68. The lowest BCUT2D eigenvalue weighted by Gasteiger charge is -2.46. The van der Waals surface area contributed by atoms with Gasteiger partial charge in [0.25, 0.3) is 0 Å². The van der Waals surface area contributed by atoms with E-state index in [0.717, 1.165) is 32.1 Å². The predicted octanol–water partition coefficient (Wildman–Crippen LogP) is 3.75. The lowest BCUT2D eigenvalue weighted by Crippen LogP contribution is -2.39. The number of aliphatic hydroxyl groups is 1. The Morgan fingerprint density at radius 3 is 2.91 bits per heavy atom. The molecular weight excluding hydrogens is 288 g/mol. The summed E-state index contributed by atoms with van der Waals surface area (Å²) in [6, 6.07) is 6.07. The molecule has 4 unspecified atom stereocenters. The number of carbonyl (C=O) groups is 1. The summed E-state index contributed by atoms with van der Waals surface area (Å²) in [4.78, 5) is 11.1. The highest BCUT2D eigenvalue weighted by Crippen LogP contribution is 2.59. The van der Waals surface area contributed by atoms with Crippen molar-refractivity contribution in [1.29, 1.82) is 0 Å². The number of aliphatic hydroxyl groups excluding tert-OH is 1. The van der Waals surface area contributed by atoms with Gasteiger partial charge in [-0.1, -0.05) is 24.6 Å². The number of esters is 1. The Balaban J connectivity index is 1.67. The third-order valence-electron chi connectivity index (χ3n) is 6.37. The van der Waals surface area contributed by atoms with Crippen LogP contribution in [-0.2, 0) is 11.2 Å². The second-order valence-electron chi connectivity index (χ2n) is 7.61. The van der Waals surface area contributed by atoms with Gasteiger partial charge in [-0.25, -0.2) is 0 Å². The highest BCUT2D eigenvalue weighted by Gasteiger charge is 2.51. The average molecular weight is 312 g/mol. The Morgan fingerprint density at radius 2 is 2.13 bits per heavy atom. The van der Waals surface area contributed by atoms with Gasteiger partial charge >= 0.3 is 5.97 Å². The van der Waals surface area contributed by atoms with Crippen LogP contribution < -0.4 is 4.74 Å². The number of hydrogen-bond donors (Lipinski definition) is 1. The molecule has 3 heteroatoms. The first-order valence-corrected chi connectivity index (χ1v) is 8.68. The Bertz CT molecular complexity index is 690. The fourth-order valence-corrected chi connectivity index (χ4v) is 5.15. The zero-order valence-electron chi connectivity index (χ0n) is 13.8. The molecule has 23 heavy (non-hydrogen) atoms. The lowest BCUT2D eigenvalue weighted by molar-refractivity contribution is -0.131. The summed E-state index contributed by atoms with van der Waals surface area (Å²) in [7, 11) is 0. The van der Waals surface area contributed by atoms with Gasteiger partial charge in [0.1, 0.15) is 5.75 Å². The van der Waals surface area contributed by atoms with Gasteiger partial charge in [0.05, 0.1) is 6.10 Å². The van der Waals surface area contributed by atoms with Crippen LogP contribution in [0.3, 0.4) is 0 Å². The molecule has 1 aromatic rings. The van der Waals surface area contributed by atoms with Crippen LogP contribution in [-0.4, -0.2) is 17.2 Å². The summed E-state index contributed by atoms with van der Waals surface area (Å²) in [5, 5.41) is 10.4. The maximum absolute atomic E-state index is 11.1. The van der Waals surface area contributed by atoms with Crippen molar-refractivity contribution in [2.75, 3.05) is 0 Å². The van der Waals surface area contributed by atoms with Crippen LogP contribution in [0.5, 0.6) is 5.75 Å². The summed E-state index contributed by atoms with van der Waals surface area (Å²) in [5.74, 6) is 1.38. The molecular formula is C20H24O3. The highest BCUT2D eigenvalue weighted by molar-refractivity contribution is 5.69. The summed E-state index contributed by atoms with van der Waals surface area (Å²) < 4.78 is 5.22. The van der Waals surface area contributed by atoms with Gasteiger partial charge in [-0.2, -0.15) is 0 Å². The molecule has 0 radical (unpaired) electrons. The van der Waals surface area contributed by atoms with Gasteiger partial charge in [-0.05, 0) is 61.3 Å². The van der Waals surface area contributed by atoms with Crippen molar-refractivity contribution in [2.45, 2.75) is 58.0 Å². The van der Waals surface area contributed by atoms with Crippen molar-refractivity contribution >= 4 is 5.97 Å². The Hall–Kier alpha value is -1.61. The third-order valence-corrected chi connectivity index (χ3v) is 6.37. The molecule has 0 spiro atoms. The number of carbonyl (C=O) groups excluding carboxylic acids is 1. The van der Waals surface area contributed by atoms with Crippen LogP contribution in [0.4, 0.5) is 0 Å². The second-order valence-corrected chi connectivity index (χ2v) is 7.61. The number of allylic oxidation sites excluding steroid dienone is 2. The molecule has 0 saturated heterocycles. The van der Waals surface area contributed by atoms with Crippen molar-refractivity contribution in [3.05, 3.63) is 41.0 Å². The molecule has 0 aromatic heterocycles. The van der Waals surface area contributed by atoms with Gasteiger partial charge in [0, 0.05) is 18.3 Å². The molecule has 3 aliphatic rings. The maximum atomic E-state index is 11.1. The molecule has 1 aromatic carbocycles. The quantitative estimate of drug-likeness (QED) is 0.488. The smallest absolute Gasteiger partial charge is 0.308 e. The molecule has 0 amide bonds. The SMILES string of the molecule is CC(=O)Oc1ccc2c(c1)CC=C1C2CCC2(C)C(O)CCC12. The second kappa shape index (κ2) is 5.20. The fraction of sp³-hybridized carbons (Fsp3) is 0.550. The molecule has 0 aliphatic heterocycles. The van der Waals surface area contributed by atoms with E-state index in [1.165, 1.54) is 18.1 Å². The zero-order chi connectivity index (χ0) is 16.2. The number of fused-ring (bicyclic) bond motifs is 5. The van der Waals surface area contributed by atoms with E-state index in [-0.39, 0.29) is 17.5 Å². The van der Waals surface area contributed by atoms with Gasteiger partial charge in [-0.15, -0.1) is 0 Å². The molecule has 3 aliphatic carbocycles. The van der Waals surface area contributed by atoms with Crippen molar-refractivity contribution in [3.63, 3.8) is 0 Å². The Morgan fingerprint density at radius 1 is 1.30 bits per heavy atom.